The van der Waals surface area contributed by atoms with E-state index in [4.69, 9.17) is 30.8 Å². The number of aliphatic imine (C=N–C) groups is 1. The normalized spacial score (nSPS) is 16.1. The van der Waals surface area contributed by atoms with Gasteiger partial charge in [-0.2, -0.15) is 0 Å². The molecule has 0 spiro atoms. The van der Waals surface area contributed by atoms with Crippen LogP contribution >= 0.6 is 23.4 Å². The summed E-state index contributed by atoms with van der Waals surface area (Å²) in [5.41, 5.74) is 2.07. The summed E-state index contributed by atoms with van der Waals surface area (Å²) in [6, 6.07) is 19.6. The third kappa shape index (κ3) is 6.55. The lowest BCUT2D eigenvalue weighted by Gasteiger charge is -2.18. The summed E-state index contributed by atoms with van der Waals surface area (Å²) < 4.78 is 16.0. The maximum atomic E-state index is 13.5. The molecule has 0 aromatic heterocycles. The third-order valence-electron chi connectivity index (χ3n) is 5.59. The fourth-order valence-corrected chi connectivity index (χ4v) is 5.09. The van der Waals surface area contributed by atoms with Crippen LogP contribution in [0.4, 0.5) is 11.4 Å². The van der Waals surface area contributed by atoms with E-state index in [1.54, 1.807) is 68.7 Å². The molecule has 2 amide bonds. The van der Waals surface area contributed by atoms with Crippen LogP contribution in [-0.4, -0.2) is 48.5 Å². The number of hydrogen-bond donors (Lipinski definition) is 1. The summed E-state index contributed by atoms with van der Waals surface area (Å²) in [6.07, 6.45) is -0.0138. The molecule has 192 valence electrons. The number of ether oxygens (including phenoxy) is 3. The lowest BCUT2D eigenvalue weighted by Crippen LogP contribution is -2.33. The van der Waals surface area contributed by atoms with Crippen molar-refractivity contribution in [3.8, 4) is 17.2 Å². The molecule has 3 aromatic carbocycles. The van der Waals surface area contributed by atoms with Crippen LogP contribution in [-0.2, 0) is 16.1 Å². The fraction of sp³-hybridized carbons (Fsp3) is 0.222. The molecule has 1 fully saturated rings. The first-order chi connectivity index (χ1) is 17.9. The molecule has 10 heteroatoms. The van der Waals surface area contributed by atoms with Crippen molar-refractivity contribution in [1.29, 1.82) is 0 Å². The molecule has 37 heavy (non-hydrogen) atoms. The Kier molecular flexibility index (Phi) is 8.58. The van der Waals surface area contributed by atoms with Gasteiger partial charge in [0.25, 0.3) is 0 Å². The van der Waals surface area contributed by atoms with Crippen LogP contribution in [0, 0.1) is 0 Å². The van der Waals surface area contributed by atoms with Crippen molar-refractivity contribution in [2.45, 2.75) is 18.2 Å². The van der Waals surface area contributed by atoms with Crippen LogP contribution < -0.4 is 19.5 Å². The highest BCUT2D eigenvalue weighted by Gasteiger charge is 2.39. The minimum atomic E-state index is -0.628. The molecule has 4 rings (SSSR count). The zero-order valence-corrected chi connectivity index (χ0v) is 22.1. The number of rotatable bonds is 9. The van der Waals surface area contributed by atoms with E-state index in [0.29, 0.717) is 38.8 Å². The number of amidine groups is 1. The number of carbonyl (C=O) groups excluding carboxylic acids is 2. The van der Waals surface area contributed by atoms with Gasteiger partial charge in [-0.05, 0) is 60.2 Å². The lowest BCUT2D eigenvalue weighted by molar-refractivity contribution is -0.128. The van der Waals surface area contributed by atoms with Gasteiger partial charge in [0, 0.05) is 17.1 Å². The molecule has 0 bridgehead atoms. The second kappa shape index (κ2) is 12.0. The monoisotopic (exact) mass is 539 g/mol. The number of hydrogen-bond acceptors (Lipinski definition) is 7. The van der Waals surface area contributed by atoms with Crippen LogP contribution in [0.25, 0.3) is 0 Å². The van der Waals surface area contributed by atoms with Crippen LogP contribution in [0.1, 0.15) is 12.0 Å². The number of carbonyl (C=O) groups is 2. The lowest BCUT2D eigenvalue weighted by atomic mass is 10.1. The Hall–Kier alpha value is -3.69. The quantitative estimate of drug-likeness (QED) is 0.385. The van der Waals surface area contributed by atoms with Gasteiger partial charge in [0.2, 0.25) is 11.8 Å². The second-order valence-electron chi connectivity index (χ2n) is 8.08. The van der Waals surface area contributed by atoms with Crippen molar-refractivity contribution in [2.75, 3.05) is 26.6 Å². The van der Waals surface area contributed by atoms with Crippen LogP contribution in [0.3, 0.4) is 0 Å². The first kappa shape index (κ1) is 26.4. The van der Waals surface area contributed by atoms with E-state index in [1.165, 1.54) is 11.8 Å². The fourth-order valence-electron chi connectivity index (χ4n) is 3.75. The van der Waals surface area contributed by atoms with Gasteiger partial charge >= 0.3 is 0 Å². The number of anilines is 1. The summed E-state index contributed by atoms with van der Waals surface area (Å²) in [5, 5.41) is 3.20. The summed E-state index contributed by atoms with van der Waals surface area (Å²) in [6.45, 7) is 0.258. The predicted octanol–water partition coefficient (Wildman–Crippen LogP) is 5.53. The Morgan fingerprint density at radius 2 is 1.76 bits per heavy atom. The van der Waals surface area contributed by atoms with Crippen molar-refractivity contribution in [1.82, 2.24) is 4.90 Å². The van der Waals surface area contributed by atoms with Gasteiger partial charge in [-0.3, -0.25) is 14.5 Å². The largest absolute Gasteiger partial charge is 0.497 e. The highest BCUT2D eigenvalue weighted by Crippen LogP contribution is 2.35. The van der Waals surface area contributed by atoms with Gasteiger partial charge in [-0.25, -0.2) is 4.99 Å². The standard InChI is InChI=1S/C27H26ClN3O5S/c1-34-21-10-8-19(9-11-21)30-27-31(16-17-7-12-22(35-2)23(13-17)36-3)26(33)24(37-27)15-25(32)29-20-6-4-5-18(28)14-20/h4-14,24H,15-16H2,1-3H3,(H,29,32). The minimum Gasteiger partial charge on any atom is -0.497 e. The Morgan fingerprint density at radius 3 is 2.43 bits per heavy atom. The van der Waals surface area contributed by atoms with Gasteiger partial charge in [-0.1, -0.05) is 35.5 Å². The molecule has 0 aliphatic carbocycles. The van der Waals surface area contributed by atoms with E-state index in [1.807, 2.05) is 24.3 Å². The van der Waals surface area contributed by atoms with Crippen LogP contribution in [0.2, 0.25) is 5.02 Å². The van der Waals surface area contributed by atoms with Gasteiger partial charge in [0.15, 0.2) is 16.7 Å². The second-order valence-corrected chi connectivity index (χ2v) is 9.68. The number of amides is 2. The zero-order chi connectivity index (χ0) is 26.4. The van der Waals surface area contributed by atoms with Crippen LogP contribution in [0.15, 0.2) is 71.7 Å². The Bertz CT molecular complexity index is 1320. The number of nitrogens with zero attached hydrogens (tertiary/aromatic N) is 2. The Morgan fingerprint density at radius 1 is 1.00 bits per heavy atom. The Balaban J connectivity index is 1.58. The summed E-state index contributed by atoms with van der Waals surface area (Å²) in [5.74, 6) is 1.37. The summed E-state index contributed by atoms with van der Waals surface area (Å²) >= 11 is 7.28. The average Bonchev–Trinajstić information content (AvgIpc) is 3.17. The molecular weight excluding hydrogens is 514 g/mol. The molecule has 3 aromatic rings. The van der Waals surface area contributed by atoms with E-state index in [9.17, 15) is 9.59 Å². The predicted molar refractivity (Wildman–Crippen MR) is 146 cm³/mol. The molecule has 1 atom stereocenters. The number of benzene rings is 3. The molecule has 0 radical (unpaired) electrons. The van der Waals surface area contributed by atoms with Gasteiger partial charge < -0.3 is 19.5 Å². The van der Waals surface area contributed by atoms with Crippen molar-refractivity contribution in [2.24, 2.45) is 4.99 Å². The maximum Gasteiger partial charge on any atom is 0.242 e. The van der Waals surface area contributed by atoms with Gasteiger partial charge in [-0.15, -0.1) is 0 Å². The van der Waals surface area contributed by atoms with Crippen molar-refractivity contribution in [3.05, 3.63) is 77.3 Å². The average molecular weight is 540 g/mol. The highest BCUT2D eigenvalue weighted by atomic mass is 35.5. The zero-order valence-electron chi connectivity index (χ0n) is 20.6. The highest BCUT2D eigenvalue weighted by molar-refractivity contribution is 8.15. The number of halogens is 1. The smallest absolute Gasteiger partial charge is 0.242 e. The first-order valence-electron chi connectivity index (χ1n) is 11.4. The topological polar surface area (TPSA) is 89.5 Å². The minimum absolute atomic E-state index is 0.0138. The van der Waals surface area contributed by atoms with Crippen molar-refractivity contribution < 1.29 is 23.8 Å². The van der Waals surface area contributed by atoms with E-state index in [-0.39, 0.29) is 24.8 Å². The van der Waals surface area contributed by atoms with E-state index < -0.39 is 5.25 Å². The molecule has 1 aliphatic heterocycles. The Labute approximate surface area is 224 Å². The molecule has 1 aliphatic rings. The number of thioether (sulfide) groups is 1. The maximum absolute atomic E-state index is 13.5. The number of methoxy groups -OCH3 is 3. The third-order valence-corrected chi connectivity index (χ3v) is 7.00. The van der Waals surface area contributed by atoms with Gasteiger partial charge in [0.05, 0.1) is 33.6 Å². The molecule has 1 unspecified atom stereocenters. The SMILES string of the molecule is COc1ccc(N=C2SC(CC(=O)Nc3cccc(Cl)c3)C(=O)N2Cc2ccc(OC)c(OC)c2)cc1. The molecular formula is C27H26ClN3O5S. The van der Waals surface area contributed by atoms with E-state index >= 15 is 0 Å². The molecule has 1 heterocycles. The van der Waals surface area contributed by atoms with Gasteiger partial charge in [0.1, 0.15) is 11.0 Å². The number of nitrogens with one attached hydrogen (secondary N) is 1. The molecule has 1 N–H and O–H groups in total. The molecule has 8 nitrogen and oxygen atoms in total. The first-order valence-corrected chi connectivity index (χ1v) is 12.6. The van der Waals surface area contributed by atoms with Crippen molar-refractivity contribution in [3.63, 3.8) is 0 Å². The van der Waals surface area contributed by atoms with E-state index in [2.05, 4.69) is 5.32 Å². The summed E-state index contributed by atoms with van der Waals surface area (Å²) in [7, 11) is 4.72. The molecule has 0 saturated carbocycles. The van der Waals surface area contributed by atoms with Crippen LogP contribution in [0.5, 0.6) is 17.2 Å². The molecule has 1 saturated heterocycles. The van der Waals surface area contributed by atoms with E-state index in [0.717, 1.165) is 5.56 Å². The summed E-state index contributed by atoms with van der Waals surface area (Å²) in [4.78, 5) is 32.5. The van der Waals surface area contributed by atoms with Crippen molar-refractivity contribution >= 4 is 51.7 Å².